The van der Waals surface area contributed by atoms with Crippen LogP contribution in [0, 0.1) is 0 Å². The molecule has 156 valence electrons. The van der Waals surface area contributed by atoms with E-state index in [1.807, 2.05) is 29.2 Å². The minimum atomic E-state index is -3.72. The Kier molecular flexibility index (Phi) is 6.18. The van der Waals surface area contributed by atoms with Gasteiger partial charge in [-0.25, -0.2) is 8.42 Å². The lowest BCUT2D eigenvalue weighted by molar-refractivity contribution is 0.383. The standard InChI is InChI=1S/C20H17Cl3N4O2S/c21-15-3-1-14(2-4-15)18-7-8-20(25-24-18)26-9-11-27(12-10-26)30(28,29)19-13-16(22)5-6-17(19)23/h1-8,13H,9-12H2. The molecule has 4 rings (SSSR count). The summed E-state index contributed by atoms with van der Waals surface area (Å²) in [4.78, 5) is 2.03. The SMILES string of the molecule is O=S(=O)(c1cc(Cl)ccc1Cl)N1CCN(c2ccc(-c3ccc(Cl)cc3)nn2)CC1. The maximum absolute atomic E-state index is 13.0. The predicted octanol–water partition coefficient (Wildman–Crippen LogP) is 4.61. The summed E-state index contributed by atoms with van der Waals surface area (Å²) in [6, 6.07) is 15.6. The molecule has 1 aliphatic rings. The summed E-state index contributed by atoms with van der Waals surface area (Å²) in [6.07, 6.45) is 0. The number of halogens is 3. The van der Waals surface area contributed by atoms with Gasteiger partial charge in [-0.05, 0) is 42.5 Å². The van der Waals surface area contributed by atoms with E-state index in [2.05, 4.69) is 10.2 Å². The predicted molar refractivity (Wildman–Crippen MR) is 120 cm³/mol. The van der Waals surface area contributed by atoms with Crippen LogP contribution >= 0.6 is 34.8 Å². The minimum Gasteiger partial charge on any atom is -0.352 e. The molecule has 6 nitrogen and oxygen atoms in total. The second-order valence-corrected chi connectivity index (χ2v) is 9.94. The largest absolute Gasteiger partial charge is 0.352 e. The van der Waals surface area contributed by atoms with Crippen LogP contribution < -0.4 is 4.90 Å². The first kappa shape index (κ1) is 21.3. The summed E-state index contributed by atoms with van der Waals surface area (Å²) < 4.78 is 27.3. The van der Waals surface area contributed by atoms with Gasteiger partial charge in [-0.15, -0.1) is 10.2 Å². The van der Waals surface area contributed by atoms with Gasteiger partial charge in [0, 0.05) is 41.8 Å². The van der Waals surface area contributed by atoms with Gasteiger partial charge in [0.1, 0.15) is 4.90 Å². The molecule has 2 aromatic carbocycles. The quantitative estimate of drug-likeness (QED) is 0.542. The van der Waals surface area contributed by atoms with Crippen molar-refractivity contribution in [2.75, 3.05) is 31.1 Å². The lowest BCUT2D eigenvalue weighted by Crippen LogP contribution is -2.49. The molecule has 2 heterocycles. The Morgan fingerprint density at radius 2 is 1.43 bits per heavy atom. The second kappa shape index (κ2) is 8.69. The summed E-state index contributed by atoms with van der Waals surface area (Å²) in [5.41, 5.74) is 1.67. The normalized spacial score (nSPS) is 15.4. The molecule has 1 aliphatic heterocycles. The van der Waals surface area contributed by atoms with Crippen molar-refractivity contribution in [2.24, 2.45) is 0 Å². The van der Waals surface area contributed by atoms with Gasteiger partial charge in [-0.2, -0.15) is 4.31 Å². The van der Waals surface area contributed by atoms with Gasteiger partial charge < -0.3 is 4.90 Å². The zero-order valence-corrected chi connectivity index (χ0v) is 18.8. The highest BCUT2D eigenvalue weighted by atomic mass is 35.5. The Bertz CT molecular complexity index is 1150. The van der Waals surface area contributed by atoms with Crippen molar-refractivity contribution < 1.29 is 8.42 Å². The van der Waals surface area contributed by atoms with E-state index in [1.165, 1.54) is 16.4 Å². The summed E-state index contributed by atoms with van der Waals surface area (Å²) >= 11 is 18.0. The number of anilines is 1. The Balaban J connectivity index is 1.45. The van der Waals surface area contributed by atoms with Crippen molar-refractivity contribution in [3.63, 3.8) is 0 Å². The lowest BCUT2D eigenvalue weighted by Gasteiger charge is -2.34. The molecule has 0 aliphatic carbocycles. The van der Waals surface area contributed by atoms with Crippen LogP contribution in [0.15, 0.2) is 59.5 Å². The van der Waals surface area contributed by atoms with Crippen LogP contribution in [0.25, 0.3) is 11.3 Å². The Morgan fingerprint density at radius 1 is 0.767 bits per heavy atom. The van der Waals surface area contributed by atoms with E-state index in [1.54, 1.807) is 18.2 Å². The summed E-state index contributed by atoms with van der Waals surface area (Å²) in [7, 11) is -3.72. The van der Waals surface area contributed by atoms with E-state index >= 15 is 0 Å². The third kappa shape index (κ3) is 4.40. The first-order chi connectivity index (χ1) is 14.3. The van der Waals surface area contributed by atoms with Gasteiger partial charge in [0.25, 0.3) is 0 Å². The van der Waals surface area contributed by atoms with Crippen molar-refractivity contribution in [1.29, 1.82) is 0 Å². The molecular weight excluding hydrogens is 467 g/mol. The van der Waals surface area contributed by atoms with Gasteiger partial charge in [-0.3, -0.25) is 0 Å². The Labute approximate surface area is 190 Å². The highest BCUT2D eigenvalue weighted by Gasteiger charge is 2.30. The van der Waals surface area contributed by atoms with Crippen LogP contribution in [0.1, 0.15) is 0 Å². The highest BCUT2D eigenvalue weighted by molar-refractivity contribution is 7.89. The molecule has 0 amide bonds. The van der Waals surface area contributed by atoms with E-state index < -0.39 is 10.0 Å². The van der Waals surface area contributed by atoms with Crippen LogP contribution in [-0.4, -0.2) is 49.1 Å². The first-order valence-electron chi connectivity index (χ1n) is 9.14. The summed E-state index contributed by atoms with van der Waals surface area (Å²) in [6.45, 7) is 1.61. The van der Waals surface area contributed by atoms with Gasteiger partial charge in [-0.1, -0.05) is 46.9 Å². The van der Waals surface area contributed by atoms with Crippen LogP contribution in [0.5, 0.6) is 0 Å². The smallest absolute Gasteiger partial charge is 0.244 e. The molecule has 1 aromatic heterocycles. The zero-order chi connectivity index (χ0) is 21.3. The minimum absolute atomic E-state index is 0.0252. The fourth-order valence-electron chi connectivity index (χ4n) is 3.24. The number of aromatic nitrogens is 2. The maximum atomic E-state index is 13.0. The molecule has 0 unspecified atom stereocenters. The zero-order valence-electron chi connectivity index (χ0n) is 15.7. The molecule has 0 bridgehead atoms. The topological polar surface area (TPSA) is 66.4 Å². The van der Waals surface area contributed by atoms with Crippen molar-refractivity contribution in [1.82, 2.24) is 14.5 Å². The van der Waals surface area contributed by atoms with Gasteiger partial charge in [0.2, 0.25) is 10.0 Å². The second-order valence-electron chi connectivity index (χ2n) is 6.75. The van der Waals surface area contributed by atoms with E-state index in [0.717, 1.165) is 11.3 Å². The third-order valence-corrected chi connectivity index (χ3v) is 7.73. The number of sulfonamides is 1. The summed E-state index contributed by atoms with van der Waals surface area (Å²) in [5, 5.41) is 9.75. The van der Waals surface area contributed by atoms with Gasteiger partial charge in [0.05, 0.1) is 10.7 Å². The molecule has 0 saturated carbocycles. The highest BCUT2D eigenvalue weighted by Crippen LogP contribution is 2.29. The molecule has 1 saturated heterocycles. The number of benzene rings is 2. The van der Waals surface area contributed by atoms with Crippen LogP contribution in [0.4, 0.5) is 5.82 Å². The summed E-state index contributed by atoms with van der Waals surface area (Å²) in [5.74, 6) is 0.700. The molecule has 1 fully saturated rings. The molecule has 0 atom stereocenters. The van der Waals surface area contributed by atoms with Crippen molar-refractivity contribution in [3.8, 4) is 11.3 Å². The molecule has 0 N–H and O–H groups in total. The van der Waals surface area contributed by atoms with E-state index in [9.17, 15) is 8.42 Å². The van der Waals surface area contributed by atoms with Crippen molar-refractivity contribution >= 4 is 50.6 Å². The van der Waals surface area contributed by atoms with E-state index in [-0.39, 0.29) is 9.92 Å². The number of rotatable bonds is 4. The maximum Gasteiger partial charge on any atom is 0.244 e. The number of piperazine rings is 1. The van der Waals surface area contributed by atoms with Gasteiger partial charge in [0.15, 0.2) is 5.82 Å². The van der Waals surface area contributed by atoms with Crippen molar-refractivity contribution in [2.45, 2.75) is 4.90 Å². The lowest BCUT2D eigenvalue weighted by atomic mass is 10.1. The van der Waals surface area contributed by atoms with E-state index in [4.69, 9.17) is 34.8 Å². The molecule has 0 radical (unpaired) electrons. The molecule has 0 spiro atoms. The molecule has 30 heavy (non-hydrogen) atoms. The average molecular weight is 484 g/mol. The fraction of sp³-hybridized carbons (Fsp3) is 0.200. The Morgan fingerprint density at radius 3 is 2.07 bits per heavy atom. The van der Waals surface area contributed by atoms with Crippen LogP contribution in [0.2, 0.25) is 15.1 Å². The molecule has 3 aromatic rings. The Hall–Kier alpha value is -1.90. The number of nitrogens with zero attached hydrogens (tertiary/aromatic N) is 4. The number of hydrogen-bond donors (Lipinski definition) is 0. The average Bonchev–Trinajstić information content (AvgIpc) is 2.76. The fourth-order valence-corrected chi connectivity index (χ4v) is 5.53. The van der Waals surface area contributed by atoms with Gasteiger partial charge >= 0.3 is 0 Å². The number of hydrogen-bond acceptors (Lipinski definition) is 5. The van der Waals surface area contributed by atoms with E-state index in [0.29, 0.717) is 42.0 Å². The third-order valence-electron chi connectivity index (χ3n) is 4.86. The van der Waals surface area contributed by atoms with Crippen LogP contribution in [0.3, 0.4) is 0 Å². The molecular formula is C20H17Cl3N4O2S. The molecule has 10 heteroatoms. The van der Waals surface area contributed by atoms with Crippen molar-refractivity contribution in [3.05, 3.63) is 69.7 Å². The first-order valence-corrected chi connectivity index (χ1v) is 11.7. The monoisotopic (exact) mass is 482 g/mol. The van der Waals surface area contributed by atoms with Crippen LogP contribution in [-0.2, 0) is 10.0 Å².